The lowest BCUT2D eigenvalue weighted by atomic mass is 9.78. The van der Waals surface area contributed by atoms with Gasteiger partial charge in [-0.05, 0) is 25.3 Å². The zero-order chi connectivity index (χ0) is 19.6. The van der Waals surface area contributed by atoms with Crippen LogP contribution in [0.3, 0.4) is 0 Å². The van der Waals surface area contributed by atoms with Crippen molar-refractivity contribution in [2.75, 3.05) is 5.32 Å². The molecular formula is C20H22N2O4S. The molecule has 0 aliphatic heterocycles. The summed E-state index contributed by atoms with van der Waals surface area (Å²) < 4.78 is 0. The zero-order valence-corrected chi connectivity index (χ0v) is 15.8. The van der Waals surface area contributed by atoms with Gasteiger partial charge in [-0.25, -0.2) is 0 Å². The number of amides is 2. The van der Waals surface area contributed by atoms with Gasteiger partial charge in [0.1, 0.15) is 5.00 Å². The molecule has 0 bridgehead atoms. The van der Waals surface area contributed by atoms with E-state index in [0.29, 0.717) is 23.4 Å². The van der Waals surface area contributed by atoms with E-state index in [1.54, 1.807) is 0 Å². The minimum absolute atomic E-state index is 0.278. The number of hydrogen-bond acceptors (Lipinski definition) is 4. The topological polar surface area (TPSA) is 109 Å². The predicted molar refractivity (Wildman–Crippen MR) is 105 cm³/mol. The van der Waals surface area contributed by atoms with Crippen LogP contribution in [0.2, 0.25) is 0 Å². The van der Waals surface area contributed by atoms with Gasteiger partial charge < -0.3 is 16.2 Å². The Morgan fingerprint density at radius 3 is 2.33 bits per heavy atom. The summed E-state index contributed by atoms with van der Waals surface area (Å²) in [6.45, 7) is 1.87. The fraction of sp³-hybridized carbons (Fsp3) is 0.350. The van der Waals surface area contributed by atoms with Crippen molar-refractivity contribution >= 4 is 34.1 Å². The third-order valence-electron chi connectivity index (χ3n) is 5.05. The van der Waals surface area contributed by atoms with E-state index in [1.165, 1.54) is 11.3 Å². The highest BCUT2D eigenvalue weighted by atomic mass is 32.1. The molecule has 7 heteroatoms. The average Bonchev–Trinajstić information content (AvgIpc) is 2.98. The lowest BCUT2D eigenvalue weighted by Crippen LogP contribution is -2.36. The second-order valence-corrected chi connectivity index (χ2v) is 8.02. The van der Waals surface area contributed by atoms with Crippen molar-refractivity contribution in [3.63, 3.8) is 0 Å². The predicted octanol–water partition coefficient (Wildman–Crippen LogP) is 3.65. The van der Waals surface area contributed by atoms with Crippen LogP contribution in [0.25, 0.3) is 11.1 Å². The molecule has 27 heavy (non-hydrogen) atoms. The maximum atomic E-state index is 12.8. The molecule has 1 aliphatic carbocycles. The van der Waals surface area contributed by atoms with Gasteiger partial charge >= 0.3 is 5.97 Å². The van der Waals surface area contributed by atoms with Crippen molar-refractivity contribution < 1.29 is 19.5 Å². The maximum Gasteiger partial charge on any atom is 0.307 e. The first-order valence-corrected chi connectivity index (χ1v) is 9.74. The fourth-order valence-electron chi connectivity index (χ4n) is 3.77. The summed E-state index contributed by atoms with van der Waals surface area (Å²) in [5.74, 6) is -3.21. The highest BCUT2D eigenvalue weighted by Gasteiger charge is 2.36. The molecule has 2 atom stereocenters. The molecule has 4 N–H and O–H groups in total. The molecule has 1 saturated carbocycles. The minimum atomic E-state index is -0.947. The first kappa shape index (κ1) is 19.1. The number of nitrogens with one attached hydrogen (secondary N) is 1. The van der Waals surface area contributed by atoms with E-state index in [-0.39, 0.29) is 11.5 Å². The molecule has 3 rings (SSSR count). The molecule has 0 unspecified atom stereocenters. The van der Waals surface area contributed by atoms with E-state index in [4.69, 9.17) is 5.73 Å². The normalized spacial score (nSPS) is 19.4. The molecule has 1 aromatic carbocycles. The van der Waals surface area contributed by atoms with Gasteiger partial charge in [0.2, 0.25) is 5.91 Å². The second-order valence-electron chi connectivity index (χ2n) is 6.79. The molecule has 142 valence electrons. The number of carboxylic acids is 1. The van der Waals surface area contributed by atoms with Crippen molar-refractivity contribution in [2.45, 2.75) is 32.6 Å². The lowest BCUT2D eigenvalue weighted by molar-refractivity contribution is -0.147. The van der Waals surface area contributed by atoms with Gasteiger partial charge in [0, 0.05) is 10.4 Å². The fourth-order valence-corrected chi connectivity index (χ4v) is 4.85. The number of primary amides is 1. The van der Waals surface area contributed by atoms with E-state index in [1.807, 2.05) is 37.3 Å². The summed E-state index contributed by atoms with van der Waals surface area (Å²) in [5.41, 5.74) is 7.45. The summed E-state index contributed by atoms with van der Waals surface area (Å²) in [7, 11) is 0. The van der Waals surface area contributed by atoms with Crippen LogP contribution in [-0.4, -0.2) is 22.9 Å². The number of aliphatic carboxylic acids is 1. The van der Waals surface area contributed by atoms with Crippen LogP contribution in [0.1, 0.15) is 40.9 Å². The van der Waals surface area contributed by atoms with Crippen LogP contribution in [0, 0.1) is 18.8 Å². The Balaban J connectivity index is 1.94. The van der Waals surface area contributed by atoms with Crippen molar-refractivity contribution in [1.29, 1.82) is 0 Å². The molecular weight excluding hydrogens is 364 g/mol. The number of carboxylic acid groups (broad SMARTS) is 1. The zero-order valence-electron chi connectivity index (χ0n) is 15.0. The first-order valence-electron chi connectivity index (χ1n) is 8.92. The molecule has 1 heterocycles. The van der Waals surface area contributed by atoms with E-state index in [2.05, 4.69) is 5.32 Å². The van der Waals surface area contributed by atoms with Crippen molar-refractivity contribution in [2.24, 2.45) is 17.6 Å². The van der Waals surface area contributed by atoms with Gasteiger partial charge in [-0.1, -0.05) is 43.2 Å². The van der Waals surface area contributed by atoms with Gasteiger partial charge in [-0.2, -0.15) is 0 Å². The van der Waals surface area contributed by atoms with Crippen molar-refractivity contribution in [3.8, 4) is 11.1 Å². The van der Waals surface area contributed by atoms with Crippen LogP contribution in [0.4, 0.5) is 5.00 Å². The van der Waals surface area contributed by atoms with Gasteiger partial charge in [0.05, 0.1) is 17.4 Å². The highest BCUT2D eigenvalue weighted by molar-refractivity contribution is 7.17. The van der Waals surface area contributed by atoms with Crippen LogP contribution in [0.15, 0.2) is 30.3 Å². The van der Waals surface area contributed by atoms with E-state index >= 15 is 0 Å². The highest BCUT2D eigenvalue weighted by Crippen LogP contribution is 2.40. The average molecular weight is 386 g/mol. The number of nitrogens with two attached hydrogens (primary N) is 1. The number of aryl methyl sites for hydroxylation is 1. The number of rotatable bonds is 5. The summed E-state index contributed by atoms with van der Waals surface area (Å²) in [6, 6.07) is 9.39. The number of carbonyl (C=O) groups is 3. The van der Waals surface area contributed by atoms with Crippen LogP contribution in [-0.2, 0) is 9.59 Å². The largest absolute Gasteiger partial charge is 0.481 e. The maximum absolute atomic E-state index is 12.8. The lowest BCUT2D eigenvalue weighted by Gasteiger charge is -2.27. The number of anilines is 1. The molecule has 2 amide bonds. The van der Waals surface area contributed by atoms with Crippen LogP contribution >= 0.6 is 11.3 Å². The SMILES string of the molecule is Cc1sc(NC(=O)[C@@H]2CCCC[C@@H]2C(=O)O)c(C(N)=O)c1-c1ccccc1. The number of benzene rings is 1. The third kappa shape index (κ3) is 3.88. The minimum Gasteiger partial charge on any atom is -0.481 e. The molecule has 1 aliphatic rings. The number of thiophene rings is 1. The Morgan fingerprint density at radius 2 is 1.74 bits per heavy atom. The quantitative estimate of drug-likeness (QED) is 0.728. The Bertz CT molecular complexity index is 876. The first-order chi connectivity index (χ1) is 12.9. The van der Waals surface area contributed by atoms with Crippen LogP contribution in [0.5, 0.6) is 0 Å². The van der Waals surface area contributed by atoms with Gasteiger partial charge in [0.25, 0.3) is 5.91 Å². The second kappa shape index (κ2) is 7.92. The molecule has 2 aromatic rings. The number of carbonyl (C=O) groups excluding carboxylic acids is 2. The van der Waals surface area contributed by atoms with Crippen molar-refractivity contribution in [3.05, 3.63) is 40.8 Å². The summed E-state index contributed by atoms with van der Waals surface area (Å²) in [4.78, 5) is 37.3. The molecule has 0 spiro atoms. The summed E-state index contributed by atoms with van der Waals surface area (Å²) in [6.07, 6.45) is 2.66. The smallest absolute Gasteiger partial charge is 0.307 e. The Hall–Kier alpha value is -2.67. The van der Waals surface area contributed by atoms with Crippen molar-refractivity contribution in [1.82, 2.24) is 0 Å². The Morgan fingerprint density at radius 1 is 1.11 bits per heavy atom. The van der Waals surface area contributed by atoms with Gasteiger partial charge in [-0.3, -0.25) is 14.4 Å². The van der Waals surface area contributed by atoms with E-state index in [0.717, 1.165) is 23.3 Å². The number of hydrogen-bond donors (Lipinski definition) is 3. The van der Waals surface area contributed by atoms with Crippen LogP contribution < -0.4 is 11.1 Å². The Kier molecular flexibility index (Phi) is 5.60. The molecule has 0 saturated heterocycles. The Labute approximate surface area is 161 Å². The molecule has 6 nitrogen and oxygen atoms in total. The molecule has 1 fully saturated rings. The van der Waals surface area contributed by atoms with Gasteiger partial charge in [-0.15, -0.1) is 11.3 Å². The summed E-state index contributed by atoms with van der Waals surface area (Å²) >= 11 is 1.29. The standard InChI is InChI=1S/C20H22N2O4S/c1-11-15(12-7-3-2-4-8-12)16(17(21)23)19(27-11)22-18(24)13-9-5-6-10-14(13)20(25)26/h2-4,7-8,13-14H,5-6,9-10H2,1H3,(H2,21,23)(H,22,24)(H,25,26)/t13-,14+/m1/s1. The molecule has 0 radical (unpaired) electrons. The monoisotopic (exact) mass is 386 g/mol. The van der Waals surface area contributed by atoms with E-state index in [9.17, 15) is 19.5 Å². The van der Waals surface area contributed by atoms with E-state index < -0.39 is 23.7 Å². The molecule has 1 aromatic heterocycles. The summed E-state index contributed by atoms with van der Waals surface area (Å²) in [5, 5.41) is 12.6. The third-order valence-corrected chi connectivity index (χ3v) is 6.07. The van der Waals surface area contributed by atoms with Gasteiger partial charge in [0.15, 0.2) is 0 Å².